The van der Waals surface area contributed by atoms with Gasteiger partial charge < -0.3 is 10.0 Å². The average molecular weight is 293 g/mol. The van der Waals surface area contributed by atoms with Crippen LogP contribution in [-0.2, 0) is 9.59 Å². The van der Waals surface area contributed by atoms with E-state index >= 15 is 0 Å². The van der Waals surface area contributed by atoms with Crippen LogP contribution < -0.4 is 0 Å². The monoisotopic (exact) mass is 293 g/mol. The number of rotatable bonds is 2. The van der Waals surface area contributed by atoms with Crippen molar-refractivity contribution in [3.63, 3.8) is 0 Å². The van der Waals surface area contributed by atoms with Crippen LogP contribution in [0.1, 0.15) is 58.3 Å². The van der Waals surface area contributed by atoms with Gasteiger partial charge in [0, 0.05) is 18.5 Å². The lowest BCUT2D eigenvalue weighted by molar-refractivity contribution is -0.144. The Morgan fingerprint density at radius 2 is 1.71 bits per heavy atom. The summed E-state index contributed by atoms with van der Waals surface area (Å²) in [5.41, 5.74) is 0. The molecule has 21 heavy (non-hydrogen) atoms. The third kappa shape index (κ3) is 2.82. The van der Waals surface area contributed by atoms with Gasteiger partial charge in [-0.3, -0.25) is 9.59 Å². The van der Waals surface area contributed by atoms with Crippen LogP contribution in [0, 0.1) is 23.7 Å². The van der Waals surface area contributed by atoms with E-state index in [2.05, 4.69) is 11.8 Å². The van der Waals surface area contributed by atoms with Crippen LogP contribution in [-0.4, -0.2) is 34.5 Å². The molecular weight excluding hydrogens is 266 g/mol. The fourth-order valence-corrected chi connectivity index (χ4v) is 4.85. The number of amides is 1. The summed E-state index contributed by atoms with van der Waals surface area (Å²) in [7, 11) is 0. The summed E-state index contributed by atoms with van der Waals surface area (Å²) < 4.78 is 0. The first kappa shape index (κ1) is 14.9. The van der Waals surface area contributed by atoms with Gasteiger partial charge in [-0.2, -0.15) is 0 Å². The minimum absolute atomic E-state index is 0.0397. The third-order valence-corrected chi connectivity index (χ3v) is 6.15. The van der Waals surface area contributed by atoms with Crippen LogP contribution in [0.25, 0.3) is 0 Å². The fourth-order valence-electron chi connectivity index (χ4n) is 4.85. The second-order valence-corrected chi connectivity index (χ2v) is 7.36. The molecule has 1 N–H and O–H groups in total. The fraction of sp³-hybridized carbons (Fsp3) is 0.882. The normalized spacial score (nSPS) is 39.9. The number of fused-ring (bicyclic) bond motifs is 1. The molecule has 2 saturated carbocycles. The Morgan fingerprint density at radius 3 is 2.43 bits per heavy atom. The highest BCUT2D eigenvalue weighted by Gasteiger charge is 2.43. The van der Waals surface area contributed by atoms with Crippen molar-refractivity contribution in [2.75, 3.05) is 6.54 Å². The van der Waals surface area contributed by atoms with Crippen molar-refractivity contribution in [2.24, 2.45) is 23.7 Å². The Bertz CT molecular complexity index is 422. The molecular formula is C17H27NO3. The van der Waals surface area contributed by atoms with Gasteiger partial charge in [0.25, 0.3) is 0 Å². The summed E-state index contributed by atoms with van der Waals surface area (Å²) in [6.07, 6.45) is 8.05. The molecule has 0 spiro atoms. The Balaban J connectivity index is 1.68. The Labute approximate surface area is 126 Å². The van der Waals surface area contributed by atoms with E-state index in [1.165, 1.54) is 19.3 Å². The summed E-state index contributed by atoms with van der Waals surface area (Å²) in [5.74, 6) is 0.588. The molecule has 5 unspecified atom stereocenters. The number of carbonyl (C=O) groups is 2. The van der Waals surface area contributed by atoms with E-state index in [9.17, 15) is 9.59 Å². The maximum atomic E-state index is 12.9. The number of piperidine rings is 1. The highest BCUT2D eigenvalue weighted by molar-refractivity contribution is 5.81. The maximum absolute atomic E-state index is 12.9. The van der Waals surface area contributed by atoms with Gasteiger partial charge in [-0.05, 0) is 50.4 Å². The Hall–Kier alpha value is -1.06. The molecule has 2 aliphatic carbocycles. The number of carboxylic acids is 1. The van der Waals surface area contributed by atoms with Gasteiger partial charge in [-0.15, -0.1) is 0 Å². The van der Waals surface area contributed by atoms with E-state index in [-0.39, 0.29) is 17.7 Å². The lowest BCUT2D eigenvalue weighted by Gasteiger charge is -2.48. The number of hydrogen-bond donors (Lipinski definition) is 1. The first-order chi connectivity index (χ1) is 10.1. The van der Waals surface area contributed by atoms with E-state index in [1.807, 2.05) is 0 Å². The highest BCUT2D eigenvalue weighted by Crippen LogP contribution is 2.41. The smallest absolute Gasteiger partial charge is 0.306 e. The van der Waals surface area contributed by atoms with Crippen LogP contribution in [0.15, 0.2) is 0 Å². The van der Waals surface area contributed by atoms with E-state index in [1.54, 1.807) is 0 Å². The zero-order valence-corrected chi connectivity index (χ0v) is 13.0. The number of nitrogens with zero attached hydrogens (tertiary/aromatic N) is 1. The summed E-state index contributed by atoms with van der Waals surface area (Å²) in [5, 5.41) is 9.12. The SMILES string of the molecule is CC1CCN(C(=O)C2CCC(C(=O)O)C2)C2CCCCC12. The lowest BCUT2D eigenvalue weighted by atomic mass is 9.72. The predicted octanol–water partition coefficient (Wildman–Crippen LogP) is 2.91. The van der Waals surface area contributed by atoms with Gasteiger partial charge in [-0.25, -0.2) is 0 Å². The summed E-state index contributed by atoms with van der Waals surface area (Å²) in [4.78, 5) is 26.1. The van der Waals surface area contributed by atoms with E-state index in [0.29, 0.717) is 24.8 Å². The molecule has 1 aliphatic heterocycles. The Morgan fingerprint density at radius 1 is 1.00 bits per heavy atom. The first-order valence-corrected chi connectivity index (χ1v) is 8.61. The number of hydrogen-bond acceptors (Lipinski definition) is 2. The van der Waals surface area contributed by atoms with E-state index in [4.69, 9.17) is 5.11 Å². The average Bonchev–Trinajstić information content (AvgIpc) is 2.97. The molecule has 1 heterocycles. The zero-order valence-electron chi connectivity index (χ0n) is 13.0. The molecule has 0 aromatic rings. The van der Waals surface area contributed by atoms with Gasteiger partial charge >= 0.3 is 5.97 Å². The van der Waals surface area contributed by atoms with Gasteiger partial charge in [0.2, 0.25) is 5.91 Å². The van der Waals surface area contributed by atoms with Crippen LogP contribution >= 0.6 is 0 Å². The van der Waals surface area contributed by atoms with Gasteiger partial charge in [0.1, 0.15) is 0 Å². The van der Waals surface area contributed by atoms with Gasteiger partial charge in [0.15, 0.2) is 0 Å². The van der Waals surface area contributed by atoms with Crippen LogP contribution in [0.5, 0.6) is 0 Å². The van der Waals surface area contributed by atoms with Crippen molar-refractivity contribution in [1.29, 1.82) is 0 Å². The minimum atomic E-state index is -0.729. The standard InChI is InChI=1S/C17H27NO3/c1-11-8-9-18(15-5-3-2-4-14(11)15)16(19)12-6-7-13(10-12)17(20)21/h11-15H,2-10H2,1H3,(H,20,21). The number of aliphatic carboxylic acids is 1. The molecule has 3 rings (SSSR count). The van der Waals surface area contributed by atoms with E-state index in [0.717, 1.165) is 31.7 Å². The van der Waals surface area contributed by atoms with Crippen molar-refractivity contribution in [2.45, 2.75) is 64.3 Å². The van der Waals surface area contributed by atoms with Crippen molar-refractivity contribution in [1.82, 2.24) is 4.90 Å². The molecule has 3 fully saturated rings. The molecule has 0 radical (unpaired) electrons. The minimum Gasteiger partial charge on any atom is -0.481 e. The van der Waals surface area contributed by atoms with Crippen molar-refractivity contribution in [3.05, 3.63) is 0 Å². The topological polar surface area (TPSA) is 57.6 Å². The van der Waals surface area contributed by atoms with Gasteiger partial charge in [0.05, 0.1) is 5.92 Å². The van der Waals surface area contributed by atoms with Crippen molar-refractivity contribution < 1.29 is 14.7 Å². The molecule has 0 aromatic heterocycles. The number of carboxylic acid groups (broad SMARTS) is 1. The molecule has 118 valence electrons. The molecule has 1 amide bonds. The summed E-state index contributed by atoms with van der Waals surface area (Å²) in [6.45, 7) is 3.22. The van der Waals surface area contributed by atoms with Crippen LogP contribution in [0.4, 0.5) is 0 Å². The number of likely N-dealkylation sites (tertiary alicyclic amines) is 1. The lowest BCUT2D eigenvalue weighted by Crippen LogP contribution is -2.53. The van der Waals surface area contributed by atoms with E-state index < -0.39 is 5.97 Å². The predicted molar refractivity (Wildman–Crippen MR) is 79.7 cm³/mol. The Kier molecular flexibility index (Phi) is 4.23. The summed E-state index contributed by atoms with van der Waals surface area (Å²) >= 11 is 0. The zero-order chi connectivity index (χ0) is 15.0. The number of carbonyl (C=O) groups excluding carboxylic acids is 1. The second-order valence-electron chi connectivity index (χ2n) is 7.36. The molecule has 1 saturated heterocycles. The first-order valence-electron chi connectivity index (χ1n) is 8.61. The van der Waals surface area contributed by atoms with Crippen LogP contribution in [0.2, 0.25) is 0 Å². The second kappa shape index (κ2) is 5.98. The molecule has 0 aromatic carbocycles. The molecule has 3 aliphatic rings. The summed E-state index contributed by atoms with van der Waals surface area (Å²) in [6, 6.07) is 0.430. The largest absolute Gasteiger partial charge is 0.481 e. The van der Waals surface area contributed by atoms with Crippen molar-refractivity contribution >= 4 is 11.9 Å². The van der Waals surface area contributed by atoms with Crippen molar-refractivity contribution in [3.8, 4) is 0 Å². The molecule has 5 atom stereocenters. The maximum Gasteiger partial charge on any atom is 0.306 e. The van der Waals surface area contributed by atoms with Gasteiger partial charge in [-0.1, -0.05) is 19.8 Å². The third-order valence-electron chi connectivity index (χ3n) is 6.15. The van der Waals surface area contributed by atoms with Crippen LogP contribution in [0.3, 0.4) is 0 Å². The molecule has 4 nitrogen and oxygen atoms in total. The highest BCUT2D eigenvalue weighted by atomic mass is 16.4. The quantitative estimate of drug-likeness (QED) is 0.851. The molecule has 0 bridgehead atoms. The molecule has 4 heteroatoms.